The van der Waals surface area contributed by atoms with Crippen molar-refractivity contribution in [2.24, 2.45) is 0 Å². The molecule has 1 aromatic heterocycles. The number of halogens is 2. The Labute approximate surface area is 185 Å². The van der Waals surface area contributed by atoms with Gasteiger partial charge in [0.2, 0.25) is 0 Å². The predicted octanol–water partition coefficient (Wildman–Crippen LogP) is 4.24. The molecule has 0 spiro atoms. The first-order valence-electron chi connectivity index (χ1n) is 10.2. The van der Waals surface area contributed by atoms with Crippen molar-refractivity contribution in [2.45, 2.75) is 18.8 Å². The van der Waals surface area contributed by atoms with Crippen LogP contribution in [0.15, 0.2) is 30.3 Å². The van der Waals surface area contributed by atoms with E-state index in [0.29, 0.717) is 36.2 Å². The van der Waals surface area contributed by atoms with E-state index in [2.05, 4.69) is 10.6 Å². The number of piperidine rings is 1. The third-order valence-corrected chi connectivity index (χ3v) is 5.57. The number of nitrogens with one attached hydrogen (secondary N) is 2. The lowest BCUT2D eigenvalue weighted by atomic mass is 9.97. The normalized spacial score (nSPS) is 14.7. The summed E-state index contributed by atoms with van der Waals surface area (Å²) >= 11 is 5.96. The van der Waals surface area contributed by atoms with Crippen LogP contribution in [0, 0.1) is 5.82 Å². The molecule has 0 unspecified atom stereocenters. The number of methoxy groups -OCH3 is 1. The number of hydrogen-bond donors (Lipinski definition) is 3. The van der Waals surface area contributed by atoms with Gasteiger partial charge in [0.15, 0.2) is 0 Å². The van der Waals surface area contributed by atoms with Gasteiger partial charge in [-0.2, -0.15) is 0 Å². The first-order valence-corrected chi connectivity index (χ1v) is 10.6. The summed E-state index contributed by atoms with van der Waals surface area (Å²) in [6, 6.07) is 8.08. The largest absolute Gasteiger partial charge is 0.489 e. The van der Waals surface area contributed by atoms with Gasteiger partial charge in [0, 0.05) is 30.2 Å². The highest BCUT2D eigenvalue weighted by molar-refractivity contribution is 6.31. The van der Waals surface area contributed by atoms with Crippen molar-refractivity contribution in [1.82, 2.24) is 15.3 Å². The van der Waals surface area contributed by atoms with Gasteiger partial charge in [-0.05, 0) is 50.2 Å². The SMILES string of the molecule is COCCOc1cc2nc(C3CCNCC3)nc(Nc3ccc(F)c(Cl)c3)c2cc1N. The van der Waals surface area contributed by atoms with Crippen LogP contribution in [0.2, 0.25) is 5.02 Å². The lowest BCUT2D eigenvalue weighted by Gasteiger charge is -2.22. The van der Waals surface area contributed by atoms with Gasteiger partial charge in [0.1, 0.15) is 29.8 Å². The summed E-state index contributed by atoms with van der Waals surface area (Å²) in [4.78, 5) is 9.65. The van der Waals surface area contributed by atoms with E-state index in [4.69, 9.17) is 36.8 Å². The van der Waals surface area contributed by atoms with Crippen LogP contribution in [-0.2, 0) is 4.74 Å². The van der Waals surface area contributed by atoms with Crippen LogP contribution in [0.5, 0.6) is 5.75 Å². The van der Waals surface area contributed by atoms with E-state index in [1.807, 2.05) is 6.07 Å². The zero-order chi connectivity index (χ0) is 21.8. The van der Waals surface area contributed by atoms with Crippen LogP contribution < -0.4 is 21.1 Å². The zero-order valence-electron chi connectivity index (χ0n) is 17.3. The van der Waals surface area contributed by atoms with Crippen LogP contribution in [-0.4, -0.2) is 43.4 Å². The van der Waals surface area contributed by atoms with E-state index < -0.39 is 5.82 Å². The molecular formula is C22H25ClFN5O2. The van der Waals surface area contributed by atoms with Gasteiger partial charge in [0.25, 0.3) is 0 Å². The topological polar surface area (TPSA) is 94.3 Å². The number of nitrogen functional groups attached to an aromatic ring is 1. The van der Waals surface area contributed by atoms with Gasteiger partial charge in [-0.3, -0.25) is 0 Å². The number of benzene rings is 2. The molecule has 3 aromatic rings. The van der Waals surface area contributed by atoms with Crippen molar-refractivity contribution >= 4 is 39.7 Å². The Hall–Kier alpha value is -2.68. The second-order valence-corrected chi connectivity index (χ2v) is 7.86. The van der Waals surface area contributed by atoms with Gasteiger partial charge >= 0.3 is 0 Å². The molecule has 1 aliphatic heterocycles. The Balaban J connectivity index is 1.77. The van der Waals surface area contributed by atoms with Crippen LogP contribution in [0.1, 0.15) is 24.6 Å². The molecule has 31 heavy (non-hydrogen) atoms. The minimum atomic E-state index is -0.475. The molecule has 7 nitrogen and oxygen atoms in total. The molecule has 2 aromatic carbocycles. The quantitative estimate of drug-likeness (QED) is 0.370. The molecule has 164 valence electrons. The summed E-state index contributed by atoms with van der Waals surface area (Å²) < 4.78 is 24.4. The monoisotopic (exact) mass is 445 g/mol. The fourth-order valence-corrected chi connectivity index (χ4v) is 3.80. The van der Waals surface area contributed by atoms with E-state index in [9.17, 15) is 4.39 Å². The van der Waals surface area contributed by atoms with E-state index in [1.54, 1.807) is 19.2 Å². The van der Waals surface area contributed by atoms with Crippen molar-refractivity contribution < 1.29 is 13.9 Å². The molecule has 0 aliphatic carbocycles. The summed E-state index contributed by atoms with van der Waals surface area (Å²) in [7, 11) is 1.62. The molecule has 0 atom stereocenters. The molecule has 2 heterocycles. The molecule has 0 amide bonds. The van der Waals surface area contributed by atoms with Crippen molar-refractivity contribution in [1.29, 1.82) is 0 Å². The summed E-state index contributed by atoms with van der Waals surface area (Å²) in [5.41, 5.74) is 8.05. The van der Waals surface area contributed by atoms with E-state index >= 15 is 0 Å². The Morgan fingerprint density at radius 2 is 2.00 bits per heavy atom. The third kappa shape index (κ3) is 4.98. The highest BCUT2D eigenvalue weighted by atomic mass is 35.5. The number of hydrogen-bond acceptors (Lipinski definition) is 7. The molecule has 0 saturated carbocycles. The number of fused-ring (bicyclic) bond motifs is 1. The second kappa shape index (κ2) is 9.64. The maximum absolute atomic E-state index is 13.6. The number of rotatable bonds is 7. The Morgan fingerprint density at radius 1 is 1.19 bits per heavy atom. The fourth-order valence-electron chi connectivity index (χ4n) is 3.62. The van der Waals surface area contributed by atoms with Gasteiger partial charge in [0.05, 0.1) is 22.8 Å². The molecular weight excluding hydrogens is 421 g/mol. The summed E-state index contributed by atoms with van der Waals surface area (Å²) in [6.07, 6.45) is 1.92. The summed E-state index contributed by atoms with van der Waals surface area (Å²) in [5.74, 6) is 1.68. The fraction of sp³-hybridized carbons (Fsp3) is 0.364. The molecule has 9 heteroatoms. The average Bonchev–Trinajstić information content (AvgIpc) is 2.77. The van der Waals surface area contributed by atoms with Crippen molar-refractivity contribution in [3.8, 4) is 5.75 Å². The molecule has 4 N–H and O–H groups in total. The zero-order valence-corrected chi connectivity index (χ0v) is 18.0. The number of anilines is 3. The molecule has 1 saturated heterocycles. The number of nitrogens with zero attached hydrogens (tertiary/aromatic N) is 2. The van der Waals surface area contributed by atoms with Gasteiger partial charge in [-0.15, -0.1) is 0 Å². The Morgan fingerprint density at radius 3 is 2.74 bits per heavy atom. The van der Waals surface area contributed by atoms with Crippen LogP contribution >= 0.6 is 11.6 Å². The standard InChI is InChI=1S/C22H25ClFN5O2/c1-30-8-9-31-20-12-19-15(11-18(20)25)22(27-14-2-3-17(24)16(23)10-14)29-21(28-19)13-4-6-26-7-5-13/h2-3,10-13,26H,4-9,25H2,1H3,(H,27,28,29). The van der Waals surface area contributed by atoms with Crippen LogP contribution in [0.4, 0.5) is 21.6 Å². The van der Waals surface area contributed by atoms with Crippen molar-refractivity contribution in [2.75, 3.05) is 44.5 Å². The maximum atomic E-state index is 13.6. The highest BCUT2D eigenvalue weighted by Crippen LogP contribution is 2.34. The Bertz CT molecular complexity index is 1080. The van der Waals surface area contributed by atoms with Crippen LogP contribution in [0.25, 0.3) is 10.9 Å². The maximum Gasteiger partial charge on any atom is 0.144 e. The van der Waals surface area contributed by atoms with Gasteiger partial charge < -0.3 is 25.8 Å². The smallest absolute Gasteiger partial charge is 0.144 e. The predicted molar refractivity (Wildman–Crippen MR) is 121 cm³/mol. The lowest BCUT2D eigenvalue weighted by molar-refractivity contribution is 0.147. The minimum absolute atomic E-state index is 0.0373. The summed E-state index contributed by atoms with van der Waals surface area (Å²) in [6.45, 7) is 2.70. The Kier molecular flexibility index (Phi) is 6.70. The second-order valence-electron chi connectivity index (χ2n) is 7.46. The molecule has 4 rings (SSSR count). The average molecular weight is 446 g/mol. The van der Waals surface area contributed by atoms with Gasteiger partial charge in [-0.25, -0.2) is 14.4 Å². The van der Waals surface area contributed by atoms with E-state index in [0.717, 1.165) is 42.7 Å². The number of aromatic nitrogens is 2. The van der Waals surface area contributed by atoms with Crippen LogP contribution in [0.3, 0.4) is 0 Å². The van der Waals surface area contributed by atoms with E-state index in [-0.39, 0.29) is 10.9 Å². The van der Waals surface area contributed by atoms with Crippen molar-refractivity contribution in [3.05, 3.63) is 47.0 Å². The number of ether oxygens (including phenoxy) is 2. The number of nitrogens with two attached hydrogens (primary N) is 1. The first kappa shape index (κ1) is 21.5. The van der Waals surface area contributed by atoms with E-state index in [1.165, 1.54) is 12.1 Å². The van der Waals surface area contributed by atoms with Crippen molar-refractivity contribution in [3.63, 3.8) is 0 Å². The first-order chi connectivity index (χ1) is 15.0. The highest BCUT2D eigenvalue weighted by Gasteiger charge is 2.21. The molecule has 1 aliphatic rings. The third-order valence-electron chi connectivity index (χ3n) is 5.28. The van der Waals surface area contributed by atoms with Gasteiger partial charge in [-0.1, -0.05) is 11.6 Å². The summed E-state index contributed by atoms with van der Waals surface area (Å²) in [5, 5.41) is 7.40. The lowest BCUT2D eigenvalue weighted by Crippen LogP contribution is -2.27. The minimum Gasteiger partial charge on any atom is -0.489 e. The molecule has 0 bridgehead atoms. The molecule has 0 radical (unpaired) electrons. The molecule has 1 fully saturated rings.